The molecule has 1 amide bonds. The largest absolute Gasteiger partial charge is 0.355 e. The Bertz CT molecular complexity index is 624. The van der Waals surface area contributed by atoms with Gasteiger partial charge in [0.05, 0.1) is 5.69 Å². The number of carbonyl (C=O) groups excluding carboxylic acids is 1. The third-order valence-electron chi connectivity index (χ3n) is 3.46. The summed E-state index contributed by atoms with van der Waals surface area (Å²) in [5.74, 6) is -0.240. The van der Waals surface area contributed by atoms with Gasteiger partial charge < -0.3 is 10.6 Å². The normalized spacial score (nSPS) is 16.5. The summed E-state index contributed by atoms with van der Waals surface area (Å²) < 4.78 is 28.7. The van der Waals surface area contributed by atoms with Crippen molar-refractivity contribution in [3.05, 3.63) is 29.3 Å². The number of nitrogens with one attached hydrogen (secondary N) is 3. The first-order valence-electron chi connectivity index (χ1n) is 6.76. The Kier molecular flexibility index (Phi) is 4.81. The highest BCUT2D eigenvalue weighted by atomic mass is 32.2. The molecule has 21 heavy (non-hydrogen) atoms. The highest BCUT2D eigenvalue weighted by Crippen LogP contribution is 2.21. The van der Waals surface area contributed by atoms with Crippen molar-refractivity contribution in [3.63, 3.8) is 0 Å². The molecule has 1 aliphatic rings. The molecule has 1 saturated heterocycles. The molecule has 8 heteroatoms. The topological polar surface area (TPSA) is 90.5 Å². The van der Waals surface area contributed by atoms with Crippen molar-refractivity contribution in [1.82, 2.24) is 14.9 Å². The van der Waals surface area contributed by atoms with Crippen LogP contribution >= 0.6 is 0 Å². The average molecular weight is 312 g/mol. The van der Waals surface area contributed by atoms with Crippen molar-refractivity contribution in [1.29, 1.82) is 0 Å². The van der Waals surface area contributed by atoms with Gasteiger partial charge in [0.2, 0.25) is 0 Å². The van der Waals surface area contributed by atoms with Crippen LogP contribution in [0, 0.1) is 6.92 Å². The number of piperazine rings is 1. The fourth-order valence-corrected chi connectivity index (χ4v) is 3.51. The monoisotopic (exact) mass is 312 g/mol. The van der Waals surface area contributed by atoms with E-state index in [1.807, 2.05) is 0 Å². The van der Waals surface area contributed by atoms with Gasteiger partial charge in [-0.1, -0.05) is 6.07 Å². The molecule has 0 aromatic heterocycles. The van der Waals surface area contributed by atoms with Crippen LogP contribution in [-0.4, -0.2) is 51.9 Å². The van der Waals surface area contributed by atoms with Crippen molar-refractivity contribution < 1.29 is 13.2 Å². The Hall–Kier alpha value is -1.64. The zero-order valence-electron chi connectivity index (χ0n) is 12.1. The summed E-state index contributed by atoms with van der Waals surface area (Å²) >= 11 is 0. The summed E-state index contributed by atoms with van der Waals surface area (Å²) in [6, 6.07) is 4.98. The van der Waals surface area contributed by atoms with Crippen LogP contribution in [0.2, 0.25) is 0 Å². The zero-order chi connectivity index (χ0) is 15.5. The zero-order valence-corrected chi connectivity index (χ0v) is 13.0. The van der Waals surface area contributed by atoms with Gasteiger partial charge >= 0.3 is 10.2 Å². The molecule has 1 aliphatic heterocycles. The number of carbonyl (C=O) groups is 1. The highest BCUT2D eigenvalue weighted by molar-refractivity contribution is 7.90. The quantitative estimate of drug-likeness (QED) is 0.725. The Balaban J connectivity index is 2.25. The van der Waals surface area contributed by atoms with Crippen LogP contribution in [0.1, 0.15) is 15.9 Å². The van der Waals surface area contributed by atoms with Crippen molar-refractivity contribution >= 4 is 21.8 Å². The lowest BCUT2D eigenvalue weighted by atomic mass is 10.1. The van der Waals surface area contributed by atoms with Gasteiger partial charge in [0, 0.05) is 38.8 Å². The molecule has 0 unspecified atom stereocenters. The van der Waals surface area contributed by atoms with Gasteiger partial charge in [-0.15, -0.1) is 0 Å². The fraction of sp³-hybridized carbons (Fsp3) is 0.462. The molecule has 1 fully saturated rings. The first kappa shape index (κ1) is 15.7. The van der Waals surface area contributed by atoms with E-state index in [-0.39, 0.29) is 5.91 Å². The van der Waals surface area contributed by atoms with Crippen LogP contribution in [-0.2, 0) is 10.2 Å². The average Bonchev–Trinajstić information content (AvgIpc) is 2.49. The van der Waals surface area contributed by atoms with Crippen LogP contribution in [0.25, 0.3) is 0 Å². The maximum atomic E-state index is 12.3. The van der Waals surface area contributed by atoms with Gasteiger partial charge in [-0.3, -0.25) is 9.52 Å². The smallest absolute Gasteiger partial charge is 0.301 e. The van der Waals surface area contributed by atoms with Gasteiger partial charge in [-0.25, -0.2) is 0 Å². The molecular weight excluding hydrogens is 292 g/mol. The molecule has 0 spiro atoms. The van der Waals surface area contributed by atoms with E-state index in [1.54, 1.807) is 32.2 Å². The molecule has 116 valence electrons. The third-order valence-corrected chi connectivity index (χ3v) is 4.98. The second kappa shape index (κ2) is 6.42. The molecule has 1 aromatic rings. The molecule has 0 saturated carbocycles. The van der Waals surface area contributed by atoms with E-state index in [1.165, 1.54) is 4.31 Å². The van der Waals surface area contributed by atoms with E-state index >= 15 is 0 Å². The van der Waals surface area contributed by atoms with Crippen LogP contribution in [0.3, 0.4) is 0 Å². The molecule has 1 aromatic carbocycles. The number of benzene rings is 1. The van der Waals surface area contributed by atoms with E-state index in [2.05, 4.69) is 15.4 Å². The first-order valence-corrected chi connectivity index (χ1v) is 8.20. The molecule has 3 N–H and O–H groups in total. The lowest BCUT2D eigenvalue weighted by Crippen LogP contribution is -2.48. The Morgan fingerprint density at radius 2 is 1.95 bits per heavy atom. The van der Waals surface area contributed by atoms with Crippen molar-refractivity contribution in [2.45, 2.75) is 6.92 Å². The summed E-state index contributed by atoms with van der Waals surface area (Å²) in [7, 11) is -2.06. The summed E-state index contributed by atoms with van der Waals surface area (Å²) in [6.45, 7) is 3.86. The minimum absolute atomic E-state index is 0.240. The highest BCUT2D eigenvalue weighted by Gasteiger charge is 2.24. The van der Waals surface area contributed by atoms with Crippen LogP contribution in [0.15, 0.2) is 18.2 Å². The minimum Gasteiger partial charge on any atom is -0.355 e. The lowest BCUT2D eigenvalue weighted by molar-refractivity contribution is 0.0962. The predicted molar refractivity (Wildman–Crippen MR) is 81.6 cm³/mol. The van der Waals surface area contributed by atoms with Crippen LogP contribution < -0.4 is 15.4 Å². The summed E-state index contributed by atoms with van der Waals surface area (Å²) in [5, 5.41) is 5.65. The standard InChI is InChI=1S/C13H20N4O3S/c1-10-11(13(18)14-2)4-3-5-12(10)16-21(19,20)17-8-6-15-7-9-17/h3-5,15-16H,6-9H2,1-2H3,(H,14,18). The minimum atomic E-state index is -3.60. The Morgan fingerprint density at radius 3 is 2.57 bits per heavy atom. The van der Waals surface area contributed by atoms with E-state index in [0.29, 0.717) is 43.0 Å². The first-order chi connectivity index (χ1) is 9.95. The maximum absolute atomic E-state index is 12.3. The lowest BCUT2D eigenvalue weighted by Gasteiger charge is -2.27. The second-order valence-corrected chi connectivity index (χ2v) is 6.48. The molecule has 7 nitrogen and oxygen atoms in total. The van der Waals surface area contributed by atoms with Gasteiger partial charge in [0.15, 0.2) is 0 Å². The van der Waals surface area contributed by atoms with Gasteiger partial charge in [-0.2, -0.15) is 12.7 Å². The third kappa shape index (κ3) is 3.52. The van der Waals surface area contributed by atoms with Crippen LogP contribution in [0.5, 0.6) is 0 Å². The molecule has 0 atom stereocenters. The van der Waals surface area contributed by atoms with E-state index < -0.39 is 10.2 Å². The Labute approximate surface area is 124 Å². The molecule has 0 aliphatic carbocycles. The Morgan fingerprint density at radius 1 is 1.29 bits per heavy atom. The molecular formula is C13H20N4O3S. The van der Waals surface area contributed by atoms with Crippen LogP contribution in [0.4, 0.5) is 5.69 Å². The van der Waals surface area contributed by atoms with Crippen molar-refractivity contribution in [2.24, 2.45) is 0 Å². The second-order valence-electron chi connectivity index (χ2n) is 4.81. The number of rotatable bonds is 4. The number of hydrogen-bond donors (Lipinski definition) is 3. The molecule has 2 rings (SSSR count). The molecule has 0 radical (unpaired) electrons. The van der Waals surface area contributed by atoms with Gasteiger partial charge in [0.25, 0.3) is 5.91 Å². The number of nitrogens with zero attached hydrogens (tertiary/aromatic N) is 1. The van der Waals surface area contributed by atoms with E-state index in [0.717, 1.165) is 0 Å². The van der Waals surface area contributed by atoms with Gasteiger partial charge in [0.1, 0.15) is 0 Å². The van der Waals surface area contributed by atoms with Crippen molar-refractivity contribution in [3.8, 4) is 0 Å². The summed E-state index contributed by atoms with van der Waals surface area (Å²) in [4.78, 5) is 11.7. The van der Waals surface area contributed by atoms with E-state index in [4.69, 9.17) is 0 Å². The van der Waals surface area contributed by atoms with Crippen molar-refractivity contribution in [2.75, 3.05) is 37.9 Å². The van der Waals surface area contributed by atoms with E-state index in [9.17, 15) is 13.2 Å². The summed E-state index contributed by atoms with van der Waals surface area (Å²) in [5.41, 5.74) is 1.49. The number of amides is 1. The molecule has 1 heterocycles. The number of anilines is 1. The molecule has 0 bridgehead atoms. The number of hydrogen-bond acceptors (Lipinski definition) is 4. The maximum Gasteiger partial charge on any atom is 0.301 e. The summed E-state index contributed by atoms with van der Waals surface area (Å²) in [6.07, 6.45) is 0. The fourth-order valence-electron chi connectivity index (χ4n) is 2.22. The SMILES string of the molecule is CNC(=O)c1cccc(NS(=O)(=O)N2CCNCC2)c1C. The predicted octanol–water partition coefficient (Wildman–Crippen LogP) is -0.0835. The van der Waals surface area contributed by atoms with Gasteiger partial charge in [-0.05, 0) is 24.6 Å².